The highest BCUT2D eigenvalue weighted by molar-refractivity contribution is 7.14. The van der Waals surface area contributed by atoms with Gasteiger partial charge >= 0.3 is 0 Å². The van der Waals surface area contributed by atoms with E-state index in [1.165, 1.54) is 69.6 Å². The number of nitrogens with two attached hydrogens (primary N) is 1. The van der Waals surface area contributed by atoms with Crippen molar-refractivity contribution in [2.45, 2.75) is 110 Å². The molecule has 1 aliphatic carbocycles. The lowest BCUT2D eigenvalue weighted by Gasteiger charge is -2.39. The van der Waals surface area contributed by atoms with E-state index in [0.717, 1.165) is 52.5 Å². The molecule has 0 spiro atoms. The number of anilines is 1. The highest BCUT2D eigenvalue weighted by atomic mass is 32.1. The number of carbonyl (C=O) groups excluding carboxylic acids is 3. The van der Waals surface area contributed by atoms with Crippen LogP contribution in [-0.2, 0) is 21.4 Å². The van der Waals surface area contributed by atoms with Crippen LogP contribution in [-0.4, -0.2) is 52.9 Å². The number of thiophene rings is 1. The van der Waals surface area contributed by atoms with Gasteiger partial charge in [0.2, 0.25) is 11.8 Å². The van der Waals surface area contributed by atoms with Crippen LogP contribution in [0.3, 0.4) is 0 Å². The first-order valence-electron chi connectivity index (χ1n) is 18.1. The Morgan fingerprint density at radius 1 is 0.918 bits per heavy atom. The number of amides is 3. The highest BCUT2D eigenvalue weighted by Gasteiger charge is 2.30. The van der Waals surface area contributed by atoms with Crippen molar-refractivity contribution in [2.24, 2.45) is 23.5 Å². The van der Waals surface area contributed by atoms with E-state index < -0.39 is 23.9 Å². The predicted octanol–water partition coefficient (Wildman–Crippen LogP) is 6.66. The second-order valence-electron chi connectivity index (χ2n) is 15.1. The van der Waals surface area contributed by atoms with Crippen molar-refractivity contribution in [3.05, 3.63) is 64.1 Å². The molecule has 49 heavy (non-hydrogen) atoms. The molecule has 1 saturated carbocycles. The van der Waals surface area contributed by atoms with Gasteiger partial charge in [-0.2, -0.15) is 0 Å². The fraction of sp³-hybridized carbons (Fsp3) is 0.564. The van der Waals surface area contributed by atoms with E-state index in [-0.39, 0.29) is 17.7 Å². The minimum Gasteiger partial charge on any atom is -0.369 e. The van der Waals surface area contributed by atoms with E-state index in [4.69, 9.17) is 15.7 Å². The van der Waals surface area contributed by atoms with E-state index in [0.29, 0.717) is 10.7 Å². The van der Waals surface area contributed by atoms with Gasteiger partial charge in [-0.05, 0) is 73.5 Å². The Balaban J connectivity index is 1.18. The molecule has 2 aliphatic rings. The molecule has 2 fully saturated rings. The lowest BCUT2D eigenvalue weighted by Crippen LogP contribution is -2.52. The van der Waals surface area contributed by atoms with Gasteiger partial charge in [-0.3, -0.25) is 14.4 Å². The van der Waals surface area contributed by atoms with Crippen LogP contribution in [0.4, 0.5) is 5.69 Å². The van der Waals surface area contributed by atoms with E-state index >= 15 is 0 Å². The first-order valence-corrected chi connectivity index (χ1v) is 18.9. The molecule has 4 N–H and O–H groups in total. The van der Waals surface area contributed by atoms with Gasteiger partial charge in [0.1, 0.15) is 12.1 Å². The first kappa shape index (κ1) is 36.5. The minimum atomic E-state index is -0.906. The Bertz CT molecular complexity index is 1550. The molecule has 2 aromatic heterocycles. The molecule has 264 valence electrons. The Kier molecular flexibility index (Phi) is 12.1. The highest BCUT2D eigenvalue weighted by Crippen LogP contribution is 2.39. The van der Waals surface area contributed by atoms with Crippen LogP contribution < -0.4 is 21.3 Å². The molecule has 9 nitrogen and oxygen atoms in total. The number of carbonyl (C=O) groups is 3. The van der Waals surface area contributed by atoms with Crippen LogP contribution in [0.2, 0.25) is 0 Å². The van der Waals surface area contributed by atoms with Crippen LogP contribution in [0.1, 0.15) is 106 Å². The average Bonchev–Trinajstić information content (AvgIpc) is 3.61. The Morgan fingerprint density at radius 3 is 2.12 bits per heavy atom. The van der Waals surface area contributed by atoms with Gasteiger partial charge in [0.05, 0.1) is 23.0 Å². The van der Waals surface area contributed by atoms with Crippen LogP contribution in [0.25, 0.3) is 11.4 Å². The molecule has 0 radical (unpaired) electrons. The number of aromatic nitrogens is 2. The van der Waals surface area contributed by atoms with Crippen molar-refractivity contribution < 1.29 is 14.4 Å². The summed E-state index contributed by atoms with van der Waals surface area (Å²) in [5.41, 5.74) is 8.08. The second-order valence-corrected chi connectivity index (χ2v) is 16.2. The molecular weight excluding hydrogens is 633 g/mol. The van der Waals surface area contributed by atoms with Gasteiger partial charge in [-0.15, -0.1) is 11.3 Å². The normalized spacial score (nSPS) is 20.0. The summed E-state index contributed by atoms with van der Waals surface area (Å²) in [7, 11) is 0. The van der Waals surface area contributed by atoms with E-state index in [1.54, 1.807) is 6.07 Å². The number of nitrogens with one attached hydrogen (secondary N) is 2. The summed E-state index contributed by atoms with van der Waals surface area (Å²) < 4.78 is 0. The number of hydrogen-bond acceptors (Lipinski definition) is 7. The Labute approximate surface area is 295 Å². The quantitative estimate of drug-likeness (QED) is 0.196. The zero-order valence-electron chi connectivity index (χ0n) is 29.8. The molecule has 3 aromatic rings. The zero-order chi connectivity index (χ0) is 35.1. The van der Waals surface area contributed by atoms with E-state index in [2.05, 4.69) is 43.2 Å². The topological polar surface area (TPSA) is 130 Å². The number of primary amides is 1. The summed E-state index contributed by atoms with van der Waals surface area (Å²) in [6.07, 6.45) is 15.0. The van der Waals surface area contributed by atoms with Crippen LogP contribution in [0, 0.1) is 17.8 Å². The molecule has 5 rings (SSSR count). The summed E-state index contributed by atoms with van der Waals surface area (Å²) in [5.74, 6) is 1.89. The van der Waals surface area contributed by atoms with Gasteiger partial charge in [0.25, 0.3) is 5.91 Å². The van der Waals surface area contributed by atoms with Crippen molar-refractivity contribution >= 4 is 34.7 Å². The van der Waals surface area contributed by atoms with Crippen molar-refractivity contribution in [3.8, 4) is 11.4 Å². The third kappa shape index (κ3) is 9.68. The number of benzene rings is 1. The molecule has 1 aliphatic heterocycles. The van der Waals surface area contributed by atoms with Gasteiger partial charge in [0, 0.05) is 30.0 Å². The Morgan fingerprint density at radius 2 is 1.55 bits per heavy atom. The van der Waals surface area contributed by atoms with Crippen LogP contribution in [0.5, 0.6) is 0 Å². The average molecular weight is 687 g/mol. The van der Waals surface area contributed by atoms with Crippen LogP contribution in [0.15, 0.2) is 48.8 Å². The first-order chi connectivity index (χ1) is 23.4. The van der Waals surface area contributed by atoms with Gasteiger partial charge in [-0.25, -0.2) is 9.97 Å². The maximum Gasteiger partial charge on any atom is 0.262 e. The molecule has 1 saturated heterocycles. The Hall–Kier alpha value is -3.79. The lowest BCUT2D eigenvalue weighted by atomic mass is 9.72. The third-order valence-corrected chi connectivity index (χ3v) is 11.9. The number of hydrogen-bond donors (Lipinski definition) is 3. The predicted molar refractivity (Wildman–Crippen MR) is 198 cm³/mol. The summed E-state index contributed by atoms with van der Waals surface area (Å²) >= 11 is 1.41. The molecule has 10 heteroatoms. The SMILES string of the molecule is CCCC1CCC(C2CCN(c3cnc(-c4ccc(C[C@H](NC(=O)c5ccc(C(C)(C)C)s5)C(=O)N[C@H](C)C(N)=O)cc4)nc3)CC2)CC1. The number of rotatable bonds is 12. The summed E-state index contributed by atoms with van der Waals surface area (Å²) in [4.78, 5) is 51.5. The molecule has 1 aromatic carbocycles. The summed E-state index contributed by atoms with van der Waals surface area (Å²) in [6.45, 7) is 12.2. The maximum atomic E-state index is 13.2. The zero-order valence-corrected chi connectivity index (χ0v) is 30.7. The minimum absolute atomic E-state index is 0.0908. The second kappa shape index (κ2) is 16.3. The fourth-order valence-electron chi connectivity index (χ4n) is 7.33. The van der Waals surface area contributed by atoms with E-state index in [1.807, 2.05) is 42.7 Å². The summed E-state index contributed by atoms with van der Waals surface area (Å²) in [5, 5.41) is 5.51. The fourth-order valence-corrected chi connectivity index (χ4v) is 8.30. The van der Waals surface area contributed by atoms with Gasteiger partial charge in [-0.1, -0.05) is 77.6 Å². The third-order valence-electron chi connectivity index (χ3n) is 10.4. The largest absolute Gasteiger partial charge is 0.369 e. The monoisotopic (exact) mass is 686 g/mol. The molecule has 0 bridgehead atoms. The van der Waals surface area contributed by atoms with Crippen LogP contribution >= 0.6 is 11.3 Å². The number of piperidine rings is 1. The van der Waals surface area contributed by atoms with Gasteiger partial charge < -0.3 is 21.3 Å². The van der Waals surface area contributed by atoms with Gasteiger partial charge in [0.15, 0.2) is 5.82 Å². The molecule has 0 unspecified atom stereocenters. The molecule has 2 atom stereocenters. The van der Waals surface area contributed by atoms with Crippen molar-refractivity contribution in [1.29, 1.82) is 0 Å². The lowest BCUT2D eigenvalue weighted by molar-refractivity contribution is -0.128. The molecule has 3 amide bonds. The standard InChI is InChI=1S/C39H54N6O3S/c1-6-7-26-8-12-28(13-9-26)29-18-20-45(21-19-29)31-23-41-36(42-24-31)30-14-10-27(11-15-30)22-32(37(47)43-25(2)35(40)46)44-38(48)33-16-17-34(49-33)39(3,4)5/h10-11,14-17,23-26,28-29,32H,6-9,12-13,18-22H2,1-5H3,(H2,40,46)(H,43,47)(H,44,48)/t25-,26?,28?,32+/m1/s1. The van der Waals surface area contributed by atoms with E-state index in [9.17, 15) is 14.4 Å². The maximum absolute atomic E-state index is 13.2. The molecular formula is C39H54N6O3S. The molecule has 3 heterocycles. The smallest absolute Gasteiger partial charge is 0.262 e. The van der Waals surface area contributed by atoms with Crippen molar-refractivity contribution in [1.82, 2.24) is 20.6 Å². The van der Waals surface area contributed by atoms with Crippen molar-refractivity contribution in [2.75, 3.05) is 18.0 Å². The summed E-state index contributed by atoms with van der Waals surface area (Å²) in [6, 6.07) is 9.65. The number of nitrogens with zero attached hydrogens (tertiary/aromatic N) is 3. The van der Waals surface area contributed by atoms with Crippen molar-refractivity contribution in [3.63, 3.8) is 0 Å².